The largest absolute Gasteiger partial charge is 0.375 e. The number of imidazole rings is 2. The fourth-order valence-corrected chi connectivity index (χ4v) is 4.27. The Hall–Kier alpha value is -2.71. The third kappa shape index (κ3) is 4.04. The van der Waals surface area contributed by atoms with E-state index in [1.807, 2.05) is 42.2 Å². The summed E-state index contributed by atoms with van der Waals surface area (Å²) >= 11 is 0. The van der Waals surface area contributed by atoms with E-state index in [2.05, 4.69) is 32.9 Å². The lowest BCUT2D eigenvalue weighted by molar-refractivity contribution is -0.125. The fraction of sp³-hybridized carbons (Fsp3) is 0.476. The van der Waals surface area contributed by atoms with Crippen LogP contribution in [-0.4, -0.2) is 69.3 Å². The Balaban J connectivity index is 1.47. The quantitative estimate of drug-likeness (QED) is 0.647. The standard InChI is InChI=1S/C21H28N6O2/c1-25-11-9-22-21(25)15-12-27(13-17(15)24-20(28)14-29-3)10-8-19-23-16-6-4-5-7-18(16)26(19)2/h4-7,9,11,15,17H,8,10,12-14H2,1-3H3,(H,24,28)/t15-,17-/m1/s1. The van der Waals surface area contributed by atoms with Crippen molar-refractivity contribution in [3.05, 3.63) is 48.3 Å². The zero-order chi connectivity index (χ0) is 20.4. The first kappa shape index (κ1) is 19.6. The molecule has 1 fully saturated rings. The maximum absolute atomic E-state index is 12.1. The van der Waals surface area contributed by atoms with Crippen LogP contribution in [0.5, 0.6) is 0 Å². The summed E-state index contributed by atoms with van der Waals surface area (Å²) < 4.78 is 9.18. The van der Waals surface area contributed by atoms with Crippen LogP contribution in [0.15, 0.2) is 36.7 Å². The van der Waals surface area contributed by atoms with Gasteiger partial charge in [0.2, 0.25) is 5.91 Å². The second-order valence-electron chi connectivity index (χ2n) is 7.70. The highest BCUT2D eigenvalue weighted by atomic mass is 16.5. The second kappa shape index (κ2) is 8.34. The molecule has 1 aromatic carbocycles. The van der Waals surface area contributed by atoms with Gasteiger partial charge in [-0.3, -0.25) is 4.79 Å². The summed E-state index contributed by atoms with van der Waals surface area (Å²) in [5.74, 6) is 2.13. The molecule has 0 unspecified atom stereocenters. The molecule has 8 heteroatoms. The average Bonchev–Trinajstić information content (AvgIpc) is 3.38. The first-order valence-corrected chi connectivity index (χ1v) is 9.95. The van der Waals surface area contributed by atoms with E-state index >= 15 is 0 Å². The van der Waals surface area contributed by atoms with Crippen LogP contribution >= 0.6 is 0 Å². The predicted molar refractivity (Wildman–Crippen MR) is 111 cm³/mol. The Bertz CT molecular complexity index is 994. The van der Waals surface area contributed by atoms with E-state index < -0.39 is 0 Å². The van der Waals surface area contributed by atoms with Gasteiger partial charge in [0.25, 0.3) is 0 Å². The molecule has 154 valence electrons. The van der Waals surface area contributed by atoms with Crippen molar-refractivity contribution in [1.82, 2.24) is 29.3 Å². The van der Waals surface area contributed by atoms with Crippen molar-refractivity contribution in [3.63, 3.8) is 0 Å². The van der Waals surface area contributed by atoms with Crippen LogP contribution < -0.4 is 5.32 Å². The number of hydrogen-bond acceptors (Lipinski definition) is 5. The Morgan fingerprint density at radius 1 is 1.28 bits per heavy atom. The number of aromatic nitrogens is 4. The molecule has 29 heavy (non-hydrogen) atoms. The summed E-state index contributed by atoms with van der Waals surface area (Å²) in [6, 6.07) is 8.22. The lowest BCUT2D eigenvalue weighted by atomic mass is 10.0. The number of methoxy groups -OCH3 is 1. The van der Waals surface area contributed by atoms with Crippen LogP contribution in [-0.2, 0) is 30.0 Å². The van der Waals surface area contributed by atoms with Gasteiger partial charge in [-0.25, -0.2) is 9.97 Å². The van der Waals surface area contributed by atoms with Gasteiger partial charge in [0.05, 0.1) is 23.0 Å². The number of ether oxygens (including phenoxy) is 1. The summed E-state index contributed by atoms with van der Waals surface area (Å²) in [5, 5.41) is 3.13. The molecule has 2 aromatic heterocycles. The molecule has 3 aromatic rings. The Morgan fingerprint density at radius 3 is 2.83 bits per heavy atom. The van der Waals surface area contributed by atoms with Gasteiger partial charge in [0, 0.05) is 59.7 Å². The minimum absolute atomic E-state index is 0.0131. The van der Waals surface area contributed by atoms with Gasteiger partial charge in [0.15, 0.2) is 0 Å². The predicted octanol–water partition coefficient (Wildman–Crippen LogP) is 1.08. The summed E-state index contributed by atoms with van der Waals surface area (Å²) in [4.78, 5) is 23.8. The number of nitrogens with zero attached hydrogens (tertiary/aromatic N) is 5. The van der Waals surface area contributed by atoms with Gasteiger partial charge in [-0.1, -0.05) is 12.1 Å². The number of nitrogens with one attached hydrogen (secondary N) is 1. The molecule has 0 bridgehead atoms. The molecule has 1 N–H and O–H groups in total. The molecule has 1 saturated heterocycles. The van der Waals surface area contributed by atoms with E-state index in [0.29, 0.717) is 0 Å². The van der Waals surface area contributed by atoms with E-state index in [9.17, 15) is 4.79 Å². The average molecular weight is 396 g/mol. The van der Waals surface area contributed by atoms with E-state index in [0.717, 1.165) is 48.7 Å². The third-order valence-corrected chi connectivity index (χ3v) is 5.74. The van der Waals surface area contributed by atoms with Crippen LogP contribution in [0.3, 0.4) is 0 Å². The fourth-order valence-electron chi connectivity index (χ4n) is 4.27. The number of amides is 1. The minimum Gasteiger partial charge on any atom is -0.375 e. The Kier molecular flexibility index (Phi) is 5.64. The third-order valence-electron chi connectivity index (χ3n) is 5.74. The van der Waals surface area contributed by atoms with Gasteiger partial charge in [0.1, 0.15) is 18.3 Å². The zero-order valence-corrected chi connectivity index (χ0v) is 17.2. The van der Waals surface area contributed by atoms with Crippen LogP contribution in [0, 0.1) is 0 Å². The monoisotopic (exact) mass is 396 g/mol. The van der Waals surface area contributed by atoms with Gasteiger partial charge < -0.3 is 24.1 Å². The van der Waals surface area contributed by atoms with E-state index in [1.165, 1.54) is 7.11 Å². The molecule has 1 aliphatic rings. The lowest BCUT2D eigenvalue weighted by Gasteiger charge is -2.19. The van der Waals surface area contributed by atoms with Crippen molar-refractivity contribution in [3.8, 4) is 0 Å². The number of carbonyl (C=O) groups is 1. The smallest absolute Gasteiger partial charge is 0.246 e. The van der Waals surface area contributed by atoms with Crippen molar-refractivity contribution in [2.45, 2.75) is 18.4 Å². The van der Waals surface area contributed by atoms with Crippen LogP contribution in [0.1, 0.15) is 17.6 Å². The van der Waals surface area contributed by atoms with E-state index in [-0.39, 0.29) is 24.5 Å². The SMILES string of the molecule is COCC(=O)N[C@@H]1CN(CCc2nc3ccccc3n2C)C[C@H]1c1nccn1C. The molecular weight excluding hydrogens is 368 g/mol. The minimum atomic E-state index is -0.0890. The molecule has 1 aliphatic heterocycles. The molecule has 8 nitrogen and oxygen atoms in total. The molecule has 3 heterocycles. The maximum Gasteiger partial charge on any atom is 0.246 e. The first-order chi connectivity index (χ1) is 14.1. The number of rotatable bonds is 7. The van der Waals surface area contributed by atoms with Crippen molar-refractivity contribution in [1.29, 1.82) is 0 Å². The van der Waals surface area contributed by atoms with Crippen molar-refractivity contribution < 1.29 is 9.53 Å². The van der Waals surface area contributed by atoms with Crippen molar-refractivity contribution >= 4 is 16.9 Å². The maximum atomic E-state index is 12.1. The number of aryl methyl sites for hydroxylation is 2. The van der Waals surface area contributed by atoms with E-state index in [4.69, 9.17) is 9.72 Å². The van der Waals surface area contributed by atoms with Crippen LogP contribution in [0.2, 0.25) is 0 Å². The molecule has 0 saturated carbocycles. The molecule has 1 amide bonds. The number of benzene rings is 1. The summed E-state index contributed by atoms with van der Waals surface area (Å²) in [6.45, 7) is 2.60. The number of fused-ring (bicyclic) bond motifs is 1. The number of carbonyl (C=O) groups excluding carboxylic acids is 1. The molecule has 0 aliphatic carbocycles. The second-order valence-corrected chi connectivity index (χ2v) is 7.70. The molecule has 4 rings (SSSR count). The van der Waals surface area contributed by atoms with Crippen molar-refractivity contribution in [2.75, 3.05) is 33.4 Å². The summed E-state index contributed by atoms with van der Waals surface area (Å²) in [6.07, 6.45) is 4.62. The number of likely N-dealkylation sites (tertiary alicyclic amines) is 1. The Labute approximate surface area is 170 Å². The summed E-state index contributed by atoms with van der Waals surface area (Å²) in [5.41, 5.74) is 2.18. The zero-order valence-electron chi connectivity index (χ0n) is 17.2. The molecule has 0 radical (unpaired) electrons. The normalized spacial score (nSPS) is 19.8. The molecule has 2 atom stereocenters. The number of hydrogen-bond donors (Lipinski definition) is 1. The summed E-state index contributed by atoms with van der Waals surface area (Å²) in [7, 11) is 5.60. The van der Waals surface area contributed by atoms with Crippen LogP contribution in [0.25, 0.3) is 11.0 Å². The van der Waals surface area contributed by atoms with Gasteiger partial charge >= 0.3 is 0 Å². The topological polar surface area (TPSA) is 77.2 Å². The lowest BCUT2D eigenvalue weighted by Crippen LogP contribution is -2.42. The highest BCUT2D eigenvalue weighted by Crippen LogP contribution is 2.27. The number of para-hydroxylation sites is 2. The highest BCUT2D eigenvalue weighted by molar-refractivity contribution is 5.77. The molecular formula is C21H28N6O2. The van der Waals surface area contributed by atoms with Gasteiger partial charge in [-0.05, 0) is 12.1 Å². The highest BCUT2D eigenvalue weighted by Gasteiger charge is 2.36. The van der Waals surface area contributed by atoms with Gasteiger partial charge in [-0.15, -0.1) is 0 Å². The molecule has 0 spiro atoms. The Morgan fingerprint density at radius 2 is 2.10 bits per heavy atom. The first-order valence-electron chi connectivity index (χ1n) is 9.95. The van der Waals surface area contributed by atoms with E-state index in [1.54, 1.807) is 0 Å². The van der Waals surface area contributed by atoms with Crippen LogP contribution in [0.4, 0.5) is 0 Å². The van der Waals surface area contributed by atoms with Crippen molar-refractivity contribution in [2.24, 2.45) is 14.1 Å². The van der Waals surface area contributed by atoms with Gasteiger partial charge in [-0.2, -0.15) is 0 Å².